The maximum absolute atomic E-state index is 13.6. The minimum Gasteiger partial charge on any atom is -0.304 e. The number of rotatable bonds is 2. The number of aryl methyl sites for hydroxylation is 2. The number of carbonyl (C=O) groups is 1. The molecule has 1 aromatic carbocycles. The summed E-state index contributed by atoms with van der Waals surface area (Å²) in [7, 11) is 1.74. The van der Waals surface area contributed by atoms with Crippen LogP contribution in [0.2, 0.25) is 0 Å². The number of anilines is 1. The number of benzene rings is 1. The van der Waals surface area contributed by atoms with Gasteiger partial charge in [-0.05, 0) is 31.2 Å². The molecule has 0 aliphatic heterocycles. The Kier molecular flexibility index (Phi) is 3.13. The number of amides is 1. The number of fused-ring (bicyclic) bond motifs is 1. The first-order chi connectivity index (χ1) is 10.1. The zero-order valence-corrected chi connectivity index (χ0v) is 11.6. The fraction of sp³-hybridized carbons (Fsp3) is 0.133. The molecule has 0 unspecified atom stereocenters. The van der Waals surface area contributed by atoms with Crippen molar-refractivity contribution in [1.82, 2.24) is 14.8 Å². The molecule has 3 aromatic rings. The maximum atomic E-state index is 13.6. The third kappa shape index (κ3) is 2.35. The molecule has 1 amide bonds. The van der Waals surface area contributed by atoms with Gasteiger partial charge >= 0.3 is 0 Å². The largest absolute Gasteiger partial charge is 0.304 e. The third-order valence-electron chi connectivity index (χ3n) is 3.18. The molecule has 2 aromatic heterocycles. The summed E-state index contributed by atoms with van der Waals surface area (Å²) in [6.45, 7) is 1.88. The Morgan fingerprint density at radius 1 is 1.24 bits per heavy atom. The van der Waals surface area contributed by atoms with Crippen LogP contribution in [0.25, 0.3) is 11.0 Å². The van der Waals surface area contributed by atoms with E-state index in [4.69, 9.17) is 0 Å². The molecular weight excluding hydrogens is 271 g/mol. The molecular formula is C15H13FN4O. The zero-order chi connectivity index (χ0) is 15.0. The van der Waals surface area contributed by atoms with Gasteiger partial charge in [0.05, 0.1) is 10.9 Å². The number of carbonyl (C=O) groups excluding carboxylic acids is 1. The van der Waals surface area contributed by atoms with Gasteiger partial charge in [-0.2, -0.15) is 5.10 Å². The summed E-state index contributed by atoms with van der Waals surface area (Å²) < 4.78 is 15.2. The normalized spacial score (nSPS) is 10.8. The van der Waals surface area contributed by atoms with Gasteiger partial charge in [-0.15, -0.1) is 0 Å². The van der Waals surface area contributed by atoms with Crippen molar-refractivity contribution < 1.29 is 9.18 Å². The van der Waals surface area contributed by atoms with E-state index in [-0.39, 0.29) is 5.56 Å². The summed E-state index contributed by atoms with van der Waals surface area (Å²) >= 11 is 0. The number of hydrogen-bond donors (Lipinski definition) is 1. The molecule has 0 bridgehead atoms. The fourth-order valence-electron chi connectivity index (χ4n) is 2.14. The topological polar surface area (TPSA) is 59.8 Å². The smallest absolute Gasteiger partial charge is 0.259 e. The second-order valence-corrected chi connectivity index (χ2v) is 4.73. The molecule has 0 spiro atoms. The van der Waals surface area contributed by atoms with E-state index in [1.165, 1.54) is 18.2 Å². The Morgan fingerprint density at radius 2 is 2.00 bits per heavy atom. The zero-order valence-electron chi connectivity index (χ0n) is 11.6. The van der Waals surface area contributed by atoms with Gasteiger partial charge < -0.3 is 5.32 Å². The number of nitrogens with one attached hydrogen (secondary N) is 1. The van der Waals surface area contributed by atoms with Gasteiger partial charge in [0.15, 0.2) is 11.5 Å². The highest BCUT2D eigenvalue weighted by atomic mass is 19.1. The summed E-state index contributed by atoms with van der Waals surface area (Å²) in [5, 5.41) is 7.57. The van der Waals surface area contributed by atoms with Crippen molar-refractivity contribution in [2.45, 2.75) is 6.92 Å². The Hall–Kier alpha value is -2.76. The van der Waals surface area contributed by atoms with Crippen LogP contribution in [0.15, 0.2) is 36.4 Å². The summed E-state index contributed by atoms with van der Waals surface area (Å²) in [4.78, 5) is 16.5. The van der Waals surface area contributed by atoms with Crippen molar-refractivity contribution in [3.8, 4) is 0 Å². The van der Waals surface area contributed by atoms with Gasteiger partial charge in [0.25, 0.3) is 5.91 Å². The van der Waals surface area contributed by atoms with Gasteiger partial charge in [0, 0.05) is 12.7 Å². The molecule has 0 saturated carbocycles. The molecule has 0 aliphatic rings. The molecule has 21 heavy (non-hydrogen) atoms. The second kappa shape index (κ2) is 4.97. The van der Waals surface area contributed by atoms with E-state index in [0.29, 0.717) is 16.9 Å². The van der Waals surface area contributed by atoms with Crippen molar-refractivity contribution in [2.75, 3.05) is 5.32 Å². The van der Waals surface area contributed by atoms with Crippen molar-refractivity contribution in [2.24, 2.45) is 7.05 Å². The Morgan fingerprint density at radius 3 is 2.76 bits per heavy atom. The molecule has 2 heterocycles. The minimum atomic E-state index is -0.566. The van der Waals surface area contributed by atoms with Crippen molar-refractivity contribution >= 4 is 22.8 Å². The van der Waals surface area contributed by atoms with Crippen LogP contribution in [0, 0.1) is 12.7 Å². The van der Waals surface area contributed by atoms with E-state index >= 15 is 0 Å². The van der Waals surface area contributed by atoms with Crippen molar-refractivity contribution in [3.63, 3.8) is 0 Å². The van der Waals surface area contributed by atoms with E-state index < -0.39 is 11.7 Å². The lowest BCUT2D eigenvalue weighted by molar-refractivity contribution is 0.102. The van der Waals surface area contributed by atoms with Crippen molar-refractivity contribution in [3.05, 3.63) is 53.5 Å². The number of aromatic nitrogens is 3. The van der Waals surface area contributed by atoms with Crippen LogP contribution in [0.4, 0.5) is 10.2 Å². The standard InChI is InChI=1S/C15H13FN4O/c1-9-7-8-11-13(19-20(2)14(11)17-9)18-15(21)10-5-3-4-6-12(10)16/h3-8H,1-2H3,(H,18,19,21). The number of hydrogen-bond acceptors (Lipinski definition) is 3. The first-order valence-electron chi connectivity index (χ1n) is 6.42. The molecule has 0 saturated heterocycles. The molecule has 1 N–H and O–H groups in total. The quantitative estimate of drug-likeness (QED) is 0.787. The van der Waals surface area contributed by atoms with Crippen LogP contribution in [0.5, 0.6) is 0 Å². The monoisotopic (exact) mass is 284 g/mol. The third-order valence-corrected chi connectivity index (χ3v) is 3.18. The van der Waals surface area contributed by atoms with Crippen molar-refractivity contribution in [1.29, 1.82) is 0 Å². The van der Waals surface area contributed by atoms with E-state index in [2.05, 4.69) is 15.4 Å². The molecule has 0 radical (unpaired) electrons. The average molecular weight is 284 g/mol. The maximum Gasteiger partial charge on any atom is 0.259 e. The summed E-state index contributed by atoms with van der Waals surface area (Å²) in [5.74, 6) is -0.730. The molecule has 0 atom stereocenters. The van der Waals surface area contributed by atoms with Gasteiger partial charge in [-0.25, -0.2) is 14.1 Å². The number of nitrogens with zero attached hydrogens (tertiary/aromatic N) is 3. The molecule has 3 rings (SSSR count). The second-order valence-electron chi connectivity index (χ2n) is 4.73. The van der Waals surface area contributed by atoms with Crippen LogP contribution < -0.4 is 5.32 Å². The number of pyridine rings is 1. The van der Waals surface area contributed by atoms with Gasteiger partial charge in [0.2, 0.25) is 0 Å². The molecule has 0 fully saturated rings. The first-order valence-corrected chi connectivity index (χ1v) is 6.42. The lowest BCUT2D eigenvalue weighted by atomic mass is 10.2. The SMILES string of the molecule is Cc1ccc2c(NC(=O)c3ccccc3F)nn(C)c2n1. The van der Waals surface area contributed by atoms with E-state index in [9.17, 15) is 9.18 Å². The van der Waals surface area contributed by atoms with Gasteiger partial charge in [-0.1, -0.05) is 12.1 Å². The minimum absolute atomic E-state index is 0.0172. The van der Waals surface area contributed by atoms with Crippen LogP contribution in [-0.2, 0) is 7.05 Å². The highest BCUT2D eigenvalue weighted by Gasteiger charge is 2.16. The van der Waals surface area contributed by atoms with Gasteiger partial charge in [0.1, 0.15) is 5.82 Å². The summed E-state index contributed by atoms with van der Waals surface area (Å²) in [5.41, 5.74) is 1.51. The molecule has 6 heteroatoms. The summed E-state index contributed by atoms with van der Waals surface area (Å²) in [6, 6.07) is 9.49. The van der Waals surface area contributed by atoms with E-state index in [1.807, 2.05) is 19.1 Å². The van der Waals surface area contributed by atoms with Crippen LogP contribution in [-0.4, -0.2) is 20.7 Å². The predicted octanol–water partition coefficient (Wildman–Crippen LogP) is 2.67. The Bertz CT molecular complexity index is 841. The molecule has 5 nitrogen and oxygen atoms in total. The van der Waals surface area contributed by atoms with Crippen LogP contribution in [0.3, 0.4) is 0 Å². The fourth-order valence-corrected chi connectivity index (χ4v) is 2.14. The Balaban J connectivity index is 1.99. The van der Waals surface area contributed by atoms with E-state index in [0.717, 1.165) is 5.69 Å². The Labute approximate surface area is 120 Å². The highest BCUT2D eigenvalue weighted by molar-refractivity contribution is 6.07. The van der Waals surface area contributed by atoms with Crippen LogP contribution in [0.1, 0.15) is 16.1 Å². The summed E-state index contributed by atoms with van der Waals surface area (Å²) in [6.07, 6.45) is 0. The molecule has 0 aliphatic carbocycles. The van der Waals surface area contributed by atoms with Crippen LogP contribution >= 0.6 is 0 Å². The lowest BCUT2D eigenvalue weighted by Gasteiger charge is -2.03. The van der Waals surface area contributed by atoms with E-state index in [1.54, 1.807) is 17.8 Å². The highest BCUT2D eigenvalue weighted by Crippen LogP contribution is 2.21. The predicted molar refractivity (Wildman–Crippen MR) is 77.6 cm³/mol. The van der Waals surface area contributed by atoms with Gasteiger partial charge in [-0.3, -0.25) is 4.79 Å². The molecule has 106 valence electrons. The lowest BCUT2D eigenvalue weighted by Crippen LogP contribution is -2.14. The first kappa shape index (κ1) is 13.2. The number of halogens is 1. The average Bonchev–Trinajstić information content (AvgIpc) is 2.75.